The van der Waals surface area contributed by atoms with Gasteiger partial charge in [0.15, 0.2) is 5.13 Å². The van der Waals surface area contributed by atoms with Crippen LogP contribution >= 0.6 is 11.3 Å². The number of thiazole rings is 1. The smallest absolute Gasteiger partial charge is 0.261 e. The van der Waals surface area contributed by atoms with Crippen LogP contribution in [-0.2, 0) is 10.0 Å². The number of para-hydroxylation sites is 1. The molecule has 0 atom stereocenters. The summed E-state index contributed by atoms with van der Waals surface area (Å²) < 4.78 is 28.2. The fraction of sp³-hybridized carbons (Fsp3) is 0.0370. The van der Waals surface area contributed by atoms with Gasteiger partial charge in [-0.1, -0.05) is 66.2 Å². The van der Waals surface area contributed by atoms with E-state index in [0.29, 0.717) is 5.13 Å². The topological polar surface area (TPSA) is 88.2 Å². The molecule has 2 N–H and O–H groups in total. The van der Waals surface area contributed by atoms with E-state index < -0.39 is 15.9 Å². The third kappa shape index (κ3) is 4.94. The standard InChI is InChI=1S/C27H21N3O3S2/c1-18-10-14-22(15-11-18)35(32,33)30-24-9-5-4-8-23(24)26(31)29-27-28-25(17-34-27)21-13-12-19-6-2-3-7-20(19)16-21/h2-17,30H,1H3,(H,28,29,31). The Balaban J connectivity index is 1.36. The summed E-state index contributed by atoms with van der Waals surface area (Å²) in [5.41, 5.74) is 3.05. The Labute approximate surface area is 207 Å². The first-order valence-electron chi connectivity index (χ1n) is 10.8. The number of carbonyl (C=O) groups excluding carboxylic acids is 1. The molecule has 0 unspecified atom stereocenters. The Hall–Kier alpha value is -4.01. The van der Waals surface area contributed by atoms with E-state index >= 15 is 0 Å². The van der Waals surface area contributed by atoms with Gasteiger partial charge in [0.05, 0.1) is 21.8 Å². The van der Waals surface area contributed by atoms with E-state index in [0.717, 1.165) is 27.6 Å². The van der Waals surface area contributed by atoms with Crippen molar-refractivity contribution in [3.8, 4) is 11.3 Å². The number of anilines is 2. The average Bonchev–Trinajstić information content (AvgIpc) is 3.32. The molecule has 4 aromatic carbocycles. The van der Waals surface area contributed by atoms with Crippen molar-refractivity contribution >= 4 is 48.9 Å². The molecule has 0 spiro atoms. The van der Waals surface area contributed by atoms with Gasteiger partial charge < -0.3 is 0 Å². The van der Waals surface area contributed by atoms with Crippen LogP contribution < -0.4 is 10.0 Å². The van der Waals surface area contributed by atoms with Gasteiger partial charge in [0.2, 0.25) is 0 Å². The number of carbonyl (C=O) groups is 1. The summed E-state index contributed by atoms with van der Waals surface area (Å²) >= 11 is 1.31. The molecule has 0 bridgehead atoms. The molecule has 0 saturated heterocycles. The summed E-state index contributed by atoms with van der Waals surface area (Å²) in [6, 6.07) is 27.2. The number of sulfonamides is 1. The van der Waals surface area contributed by atoms with Gasteiger partial charge in [-0.15, -0.1) is 11.3 Å². The molecule has 8 heteroatoms. The minimum Gasteiger partial charge on any atom is -0.298 e. The molecular formula is C27H21N3O3S2. The number of aromatic nitrogens is 1. The summed E-state index contributed by atoms with van der Waals surface area (Å²) in [5.74, 6) is -0.452. The van der Waals surface area contributed by atoms with Gasteiger partial charge in [0, 0.05) is 10.9 Å². The molecule has 0 aliphatic heterocycles. The minimum atomic E-state index is -3.85. The van der Waals surface area contributed by atoms with Crippen molar-refractivity contribution in [1.82, 2.24) is 4.98 Å². The van der Waals surface area contributed by atoms with Crippen molar-refractivity contribution in [2.45, 2.75) is 11.8 Å². The van der Waals surface area contributed by atoms with E-state index in [1.807, 2.05) is 42.6 Å². The molecule has 1 amide bonds. The van der Waals surface area contributed by atoms with Gasteiger partial charge in [0.1, 0.15) is 0 Å². The Morgan fingerprint density at radius 1 is 0.857 bits per heavy atom. The summed E-state index contributed by atoms with van der Waals surface area (Å²) in [7, 11) is -3.85. The van der Waals surface area contributed by atoms with E-state index in [2.05, 4.69) is 27.2 Å². The van der Waals surface area contributed by atoms with Crippen LogP contribution in [0.3, 0.4) is 0 Å². The number of aryl methyl sites for hydroxylation is 1. The summed E-state index contributed by atoms with van der Waals surface area (Å²) in [6.07, 6.45) is 0. The van der Waals surface area contributed by atoms with E-state index in [9.17, 15) is 13.2 Å². The van der Waals surface area contributed by atoms with Crippen LogP contribution in [0.25, 0.3) is 22.0 Å². The molecule has 0 fully saturated rings. The van der Waals surface area contributed by atoms with E-state index in [4.69, 9.17) is 0 Å². The fourth-order valence-electron chi connectivity index (χ4n) is 3.67. The first-order chi connectivity index (χ1) is 16.9. The number of nitrogens with one attached hydrogen (secondary N) is 2. The largest absolute Gasteiger partial charge is 0.298 e. The number of benzene rings is 4. The molecule has 6 nitrogen and oxygen atoms in total. The Bertz CT molecular complexity index is 1640. The van der Waals surface area contributed by atoms with Crippen LogP contribution in [0, 0.1) is 6.92 Å². The highest BCUT2D eigenvalue weighted by atomic mass is 32.2. The lowest BCUT2D eigenvalue weighted by Crippen LogP contribution is -2.18. The van der Waals surface area contributed by atoms with E-state index in [-0.39, 0.29) is 16.1 Å². The fourth-order valence-corrected chi connectivity index (χ4v) is 5.46. The van der Waals surface area contributed by atoms with Gasteiger partial charge in [-0.25, -0.2) is 13.4 Å². The molecule has 1 aromatic heterocycles. The molecule has 35 heavy (non-hydrogen) atoms. The Kier molecular flexibility index (Phi) is 6.07. The highest BCUT2D eigenvalue weighted by Crippen LogP contribution is 2.29. The molecule has 174 valence electrons. The lowest BCUT2D eigenvalue weighted by molar-refractivity contribution is 0.102. The third-order valence-corrected chi connectivity index (χ3v) is 7.66. The lowest BCUT2D eigenvalue weighted by Gasteiger charge is -2.12. The van der Waals surface area contributed by atoms with Crippen LogP contribution in [0.15, 0.2) is 101 Å². The normalized spacial score (nSPS) is 11.3. The van der Waals surface area contributed by atoms with Crippen LogP contribution in [0.5, 0.6) is 0 Å². The van der Waals surface area contributed by atoms with Crippen molar-refractivity contribution in [3.63, 3.8) is 0 Å². The molecule has 0 radical (unpaired) electrons. The quantitative estimate of drug-likeness (QED) is 0.286. The zero-order valence-electron chi connectivity index (χ0n) is 18.7. The average molecular weight is 500 g/mol. The molecule has 0 aliphatic rings. The number of fused-ring (bicyclic) bond motifs is 1. The second kappa shape index (κ2) is 9.32. The summed E-state index contributed by atoms with van der Waals surface area (Å²) in [4.78, 5) is 17.7. The maximum absolute atomic E-state index is 13.0. The van der Waals surface area contributed by atoms with Crippen molar-refractivity contribution in [2.24, 2.45) is 0 Å². The van der Waals surface area contributed by atoms with Crippen molar-refractivity contribution in [1.29, 1.82) is 0 Å². The predicted octanol–water partition coefficient (Wildman–Crippen LogP) is 6.32. The van der Waals surface area contributed by atoms with E-state index in [1.165, 1.54) is 23.5 Å². The number of hydrogen-bond donors (Lipinski definition) is 2. The number of rotatable bonds is 6. The van der Waals surface area contributed by atoms with Crippen LogP contribution in [0.1, 0.15) is 15.9 Å². The number of nitrogens with zero attached hydrogens (tertiary/aromatic N) is 1. The van der Waals surface area contributed by atoms with Gasteiger partial charge in [-0.05, 0) is 48.0 Å². The van der Waals surface area contributed by atoms with Crippen LogP contribution in [0.2, 0.25) is 0 Å². The van der Waals surface area contributed by atoms with Crippen molar-refractivity contribution < 1.29 is 13.2 Å². The number of amides is 1. The zero-order valence-corrected chi connectivity index (χ0v) is 20.4. The molecule has 1 heterocycles. The second-order valence-electron chi connectivity index (χ2n) is 8.02. The SMILES string of the molecule is Cc1ccc(S(=O)(=O)Nc2ccccc2C(=O)Nc2nc(-c3ccc4ccccc4c3)cs2)cc1. The third-order valence-electron chi connectivity index (χ3n) is 5.52. The monoisotopic (exact) mass is 499 g/mol. The first-order valence-corrected chi connectivity index (χ1v) is 13.2. The molecule has 0 saturated carbocycles. The lowest BCUT2D eigenvalue weighted by atomic mass is 10.1. The highest BCUT2D eigenvalue weighted by Gasteiger charge is 2.19. The highest BCUT2D eigenvalue weighted by molar-refractivity contribution is 7.92. The minimum absolute atomic E-state index is 0.123. The van der Waals surface area contributed by atoms with Crippen LogP contribution in [0.4, 0.5) is 10.8 Å². The second-order valence-corrected chi connectivity index (χ2v) is 10.6. The Morgan fingerprint density at radius 2 is 1.57 bits per heavy atom. The maximum atomic E-state index is 13.0. The zero-order chi connectivity index (χ0) is 24.4. The maximum Gasteiger partial charge on any atom is 0.261 e. The van der Waals surface area contributed by atoms with E-state index in [1.54, 1.807) is 36.4 Å². The molecule has 5 aromatic rings. The summed E-state index contributed by atoms with van der Waals surface area (Å²) in [6.45, 7) is 1.88. The predicted molar refractivity (Wildman–Crippen MR) is 141 cm³/mol. The summed E-state index contributed by atoms with van der Waals surface area (Å²) in [5, 5.41) is 7.35. The van der Waals surface area contributed by atoms with Gasteiger partial charge >= 0.3 is 0 Å². The van der Waals surface area contributed by atoms with Crippen molar-refractivity contribution in [2.75, 3.05) is 10.0 Å². The van der Waals surface area contributed by atoms with Crippen molar-refractivity contribution in [3.05, 3.63) is 108 Å². The Morgan fingerprint density at radius 3 is 2.37 bits per heavy atom. The van der Waals surface area contributed by atoms with Gasteiger partial charge in [-0.3, -0.25) is 14.8 Å². The molecular weight excluding hydrogens is 478 g/mol. The molecule has 5 rings (SSSR count). The van der Waals surface area contributed by atoms with Gasteiger partial charge in [0.25, 0.3) is 15.9 Å². The first kappa shape index (κ1) is 22.8. The van der Waals surface area contributed by atoms with Crippen LogP contribution in [-0.4, -0.2) is 19.3 Å². The van der Waals surface area contributed by atoms with Gasteiger partial charge in [-0.2, -0.15) is 0 Å². The number of hydrogen-bond acceptors (Lipinski definition) is 5. The molecule has 0 aliphatic carbocycles.